The van der Waals surface area contributed by atoms with Gasteiger partial charge in [0.05, 0.1) is 18.5 Å². The maximum atomic E-state index is 9.96. The number of methoxy groups -OCH3 is 1. The average Bonchev–Trinajstić information content (AvgIpc) is 2.55. The van der Waals surface area contributed by atoms with Crippen LogP contribution in [0.15, 0.2) is 66.7 Å². The molecule has 0 aliphatic rings. The Hall–Kier alpha value is -2.81. The SMILES string of the molecule is COc1ccccc1-c1cccc(-c2ccccc2O)n1. The van der Waals surface area contributed by atoms with Crippen molar-refractivity contribution in [3.05, 3.63) is 66.7 Å². The molecule has 3 heteroatoms. The second-order valence-corrected chi connectivity index (χ2v) is 4.63. The molecule has 0 amide bonds. The minimum Gasteiger partial charge on any atom is -0.507 e. The van der Waals surface area contributed by atoms with Crippen LogP contribution in [0.5, 0.6) is 11.5 Å². The van der Waals surface area contributed by atoms with E-state index in [9.17, 15) is 5.11 Å². The van der Waals surface area contributed by atoms with Gasteiger partial charge in [-0.2, -0.15) is 0 Å². The molecule has 3 rings (SSSR count). The zero-order valence-electron chi connectivity index (χ0n) is 11.7. The van der Waals surface area contributed by atoms with Crippen LogP contribution < -0.4 is 4.74 Å². The topological polar surface area (TPSA) is 42.4 Å². The first-order valence-electron chi connectivity index (χ1n) is 6.68. The smallest absolute Gasteiger partial charge is 0.128 e. The normalized spacial score (nSPS) is 10.3. The van der Waals surface area contributed by atoms with Crippen molar-refractivity contribution in [2.45, 2.75) is 0 Å². The fourth-order valence-corrected chi connectivity index (χ4v) is 2.28. The lowest BCUT2D eigenvalue weighted by atomic mass is 10.1. The van der Waals surface area contributed by atoms with Crippen LogP contribution in [-0.2, 0) is 0 Å². The van der Waals surface area contributed by atoms with Gasteiger partial charge in [-0.25, -0.2) is 4.98 Å². The van der Waals surface area contributed by atoms with Crippen LogP contribution in [0.3, 0.4) is 0 Å². The highest BCUT2D eigenvalue weighted by Gasteiger charge is 2.09. The number of phenols is 1. The van der Waals surface area contributed by atoms with Crippen LogP contribution in [-0.4, -0.2) is 17.2 Å². The summed E-state index contributed by atoms with van der Waals surface area (Å²) in [6.45, 7) is 0. The Bertz CT molecular complexity index is 768. The van der Waals surface area contributed by atoms with Crippen molar-refractivity contribution < 1.29 is 9.84 Å². The summed E-state index contributed by atoms with van der Waals surface area (Å²) in [7, 11) is 1.64. The second kappa shape index (κ2) is 5.67. The van der Waals surface area contributed by atoms with Gasteiger partial charge in [-0.3, -0.25) is 0 Å². The Balaban J connectivity index is 2.11. The zero-order valence-corrected chi connectivity index (χ0v) is 11.7. The number of para-hydroxylation sites is 2. The summed E-state index contributed by atoms with van der Waals surface area (Å²) in [5, 5.41) is 9.96. The van der Waals surface area contributed by atoms with Crippen molar-refractivity contribution in [3.63, 3.8) is 0 Å². The Morgan fingerprint density at radius 2 is 1.38 bits per heavy atom. The molecular weight excluding hydrogens is 262 g/mol. The molecule has 0 bridgehead atoms. The fraction of sp³-hybridized carbons (Fsp3) is 0.0556. The molecular formula is C18H15NO2. The van der Waals surface area contributed by atoms with Crippen molar-refractivity contribution in [3.8, 4) is 34.0 Å². The summed E-state index contributed by atoms with van der Waals surface area (Å²) in [4.78, 5) is 4.64. The first kappa shape index (κ1) is 13.2. The first-order chi connectivity index (χ1) is 10.3. The van der Waals surface area contributed by atoms with Gasteiger partial charge in [-0.1, -0.05) is 30.3 Å². The summed E-state index contributed by atoms with van der Waals surface area (Å²) < 4.78 is 5.38. The number of hydrogen-bond donors (Lipinski definition) is 1. The summed E-state index contributed by atoms with van der Waals surface area (Å²) >= 11 is 0. The van der Waals surface area contributed by atoms with E-state index >= 15 is 0 Å². The lowest BCUT2D eigenvalue weighted by molar-refractivity contribution is 0.416. The number of hydrogen-bond acceptors (Lipinski definition) is 3. The van der Waals surface area contributed by atoms with Crippen LogP contribution in [0.4, 0.5) is 0 Å². The van der Waals surface area contributed by atoms with Gasteiger partial charge < -0.3 is 9.84 Å². The quantitative estimate of drug-likeness (QED) is 0.782. The van der Waals surface area contributed by atoms with Crippen LogP contribution in [0.1, 0.15) is 0 Å². The Morgan fingerprint density at radius 3 is 2.10 bits per heavy atom. The van der Waals surface area contributed by atoms with Gasteiger partial charge in [0.1, 0.15) is 11.5 Å². The van der Waals surface area contributed by atoms with Crippen LogP contribution in [0.25, 0.3) is 22.5 Å². The molecule has 3 aromatic rings. The largest absolute Gasteiger partial charge is 0.507 e. The zero-order chi connectivity index (χ0) is 14.7. The molecule has 1 aromatic heterocycles. The van der Waals surface area contributed by atoms with Crippen LogP contribution >= 0.6 is 0 Å². The molecule has 0 saturated carbocycles. The molecule has 0 unspecified atom stereocenters. The lowest BCUT2D eigenvalue weighted by Crippen LogP contribution is -1.91. The molecule has 0 aliphatic heterocycles. The third-order valence-electron chi connectivity index (χ3n) is 3.31. The molecule has 0 fully saturated rings. The van der Waals surface area contributed by atoms with Gasteiger partial charge in [-0.05, 0) is 36.4 Å². The monoisotopic (exact) mass is 277 g/mol. The van der Waals surface area contributed by atoms with E-state index in [0.29, 0.717) is 5.56 Å². The number of phenolic OH excluding ortho intramolecular Hbond substituents is 1. The van der Waals surface area contributed by atoms with E-state index < -0.39 is 0 Å². The highest BCUT2D eigenvalue weighted by molar-refractivity contribution is 5.72. The molecule has 2 aromatic carbocycles. The van der Waals surface area contributed by atoms with Crippen molar-refractivity contribution in [2.75, 3.05) is 7.11 Å². The second-order valence-electron chi connectivity index (χ2n) is 4.63. The van der Waals surface area contributed by atoms with E-state index in [1.807, 2.05) is 54.6 Å². The standard InChI is InChI=1S/C18H15NO2/c1-21-18-12-5-3-8-14(18)16-10-6-9-15(19-16)13-7-2-4-11-17(13)20/h2-12,20H,1H3. The molecule has 0 saturated heterocycles. The highest BCUT2D eigenvalue weighted by atomic mass is 16.5. The Morgan fingerprint density at radius 1 is 0.762 bits per heavy atom. The summed E-state index contributed by atoms with van der Waals surface area (Å²) in [5.74, 6) is 1.00. The van der Waals surface area contributed by atoms with Crippen LogP contribution in [0.2, 0.25) is 0 Å². The maximum absolute atomic E-state index is 9.96. The number of aromatic hydroxyl groups is 1. The number of rotatable bonds is 3. The van der Waals surface area contributed by atoms with Gasteiger partial charge in [0, 0.05) is 11.1 Å². The molecule has 0 spiro atoms. The molecule has 0 atom stereocenters. The molecule has 0 radical (unpaired) electrons. The molecule has 1 heterocycles. The van der Waals surface area contributed by atoms with Gasteiger partial charge in [-0.15, -0.1) is 0 Å². The maximum Gasteiger partial charge on any atom is 0.128 e. The molecule has 3 nitrogen and oxygen atoms in total. The average molecular weight is 277 g/mol. The number of aromatic nitrogens is 1. The van der Waals surface area contributed by atoms with E-state index in [1.54, 1.807) is 19.2 Å². The van der Waals surface area contributed by atoms with Crippen molar-refractivity contribution in [2.24, 2.45) is 0 Å². The van der Waals surface area contributed by atoms with E-state index in [2.05, 4.69) is 4.98 Å². The van der Waals surface area contributed by atoms with Gasteiger partial charge in [0.25, 0.3) is 0 Å². The Kier molecular flexibility index (Phi) is 3.56. The van der Waals surface area contributed by atoms with Crippen molar-refractivity contribution in [1.29, 1.82) is 0 Å². The van der Waals surface area contributed by atoms with Gasteiger partial charge in [0.15, 0.2) is 0 Å². The van der Waals surface area contributed by atoms with Crippen LogP contribution in [0, 0.1) is 0 Å². The first-order valence-corrected chi connectivity index (χ1v) is 6.68. The molecule has 1 N–H and O–H groups in total. The molecule has 21 heavy (non-hydrogen) atoms. The fourth-order valence-electron chi connectivity index (χ4n) is 2.28. The number of benzene rings is 2. The van der Waals surface area contributed by atoms with Crippen molar-refractivity contribution in [1.82, 2.24) is 4.98 Å². The lowest BCUT2D eigenvalue weighted by Gasteiger charge is -2.09. The number of nitrogens with zero attached hydrogens (tertiary/aromatic N) is 1. The third kappa shape index (κ3) is 2.58. The minimum absolute atomic E-state index is 0.224. The van der Waals surface area contributed by atoms with Gasteiger partial charge in [0.2, 0.25) is 0 Å². The summed E-state index contributed by atoms with van der Waals surface area (Å²) in [6.07, 6.45) is 0. The summed E-state index contributed by atoms with van der Waals surface area (Å²) in [5.41, 5.74) is 3.19. The van der Waals surface area contributed by atoms with E-state index in [4.69, 9.17) is 4.74 Å². The number of ether oxygens (including phenoxy) is 1. The van der Waals surface area contributed by atoms with E-state index in [-0.39, 0.29) is 5.75 Å². The van der Waals surface area contributed by atoms with E-state index in [1.165, 1.54) is 0 Å². The molecule has 104 valence electrons. The third-order valence-corrected chi connectivity index (χ3v) is 3.31. The Labute approximate surface area is 123 Å². The van der Waals surface area contributed by atoms with Crippen molar-refractivity contribution >= 4 is 0 Å². The predicted octanol–water partition coefficient (Wildman–Crippen LogP) is 4.13. The minimum atomic E-state index is 0.224. The highest BCUT2D eigenvalue weighted by Crippen LogP contribution is 2.32. The van der Waals surface area contributed by atoms with E-state index in [0.717, 1.165) is 22.7 Å². The summed E-state index contributed by atoms with van der Waals surface area (Å²) in [6, 6.07) is 20.7. The van der Waals surface area contributed by atoms with Gasteiger partial charge >= 0.3 is 0 Å². The number of pyridine rings is 1. The predicted molar refractivity (Wildman–Crippen MR) is 83.3 cm³/mol. The molecule has 0 aliphatic carbocycles.